The van der Waals surface area contributed by atoms with E-state index in [2.05, 4.69) is 10.6 Å². The fourth-order valence-electron chi connectivity index (χ4n) is 3.47. The molecule has 3 aromatic carbocycles. The minimum Gasteiger partial charge on any atom is -0.495 e. The first kappa shape index (κ1) is 26.8. The van der Waals surface area contributed by atoms with Crippen molar-refractivity contribution in [2.45, 2.75) is 20.8 Å². The van der Waals surface area contributed by atoms with Crippen LogP contribution in [0.1, 0.15) is 23.6 Å². The number of carbonyl (C=O) groups excluding carboxylic acids is 2. The van der Waals surface area contributed by atoms with E-state index in [9.17, 15) is 14.9 Å². The van der Waals surface area contributed by atoms with Gasteiger partial charge in [0.25, 0.3) is 11.8 Å². The Balaban J connectivity index is 1.73. The lowest BCUT2D eigenvalue weighted by atomic mass is 10.1. The maximum atomic E-state index is 12.8. The van der Waals surface area contributed by atoms with Crippen LogP contribution in [0.25, 0.3) is 6.08 Å². The number of nitrogens with zero attached hydrogens (tertiary/aromatic N) is 1. The monoisotopic (exact) mass is 499 g/mol. The molecule has 0 aliphatic carbocycles. The van der Waals surface area contributed by atoms with Crippen LogP contribution in [0.15, 0.2) is 66.2 Å². The highest BCUT2D eigenvalue weighted by molar-refractivity contribution is 6.10. The van der Waals surface area contributed by atoms with Crippen molar-refractivity contribution < 1.29 is 23.8 Å². The van der Waals surface area contributed by atoms with Gasteiger partial charge in [-0.25, -0.2) is 0 Å². The lowest BCUT2D eigenvalue weighted by Gasteiger charge is -2.14. The summed E-state index contributed by atoms with van der Waals surface area (Å²) in [5, 5.41) is 15.1. The molecule has 0 unspecified atom stereocenters. The average Bonchev–Trinajstić information content (AvgIpc) is 2.89. The van der Waals surface area contributed by atoms with Crippen molar-refractivity contribution in [1.82, 2.24) is 0 Å². The first-order valence-corrected chi connectivity index (χ1v) is 11.7. The third-order valence-electron chi connectivity index (χ3n) is 5.54. The summed E-state index contributed by atoms with van der Waals surface area (Å²) in [6, 6.07) is 19.6. The summed E-state index contributed by atoms with van der Waals surface area (Å²) >= 11 is 0. The predicted molar refractivity (Wildman–Crippen MR) is 143 cm³/mol. The molecule has 3 rings (SSSR count). The first-order chi connectivity index (χ1) is 17.9. The van der Waals surface area contributed by atoms with E-state index in [1.165, 1.54) is 13.2 Å². The zero-order valence-electron chi connectivity index (χ0n) is 21.3. The minimum absolute atomic E-state index is 0.0618. The fraction of sp³-hybridized carbons (Fsp3) is 0.207. The Morgan fingerprint density at radius 2 is 1.68 bits per heavy atom. The van der Waals surface area contributed by atoms with Gasteiger partial charge in [-0.2, -0.15) is 5.26 Å². The number of carbonyl (C=O) groups is 2. The smallest absolute Gasteiger partial charge is 0.266 e. The second kappa shape index (κ2) is 12.8. The zero-order valence-corrected chi connectivity index (χ0v) is 21.3. The van der Waals surface area contributed by atoms with Gasteiger partial charge in [0.15, 0.2) is 18.1 Å². The molecule has 0 heterocycles. The third kappa shape index (κ3) is 7.12. The van der Waals surface area contributed by atoms with E-state index < -0.39 is 5.91 Å². The molecule has 0 aliphatic rings. The topological polar surface area (TPSA) is 110 Å². The predicted octanol–water partition coefficient (Wildman–Crippen LogP) is 5.27. The summed E-state index contributed by atoms with van der Waals surface area (Å²) in [6.07, 6.45) is 1.47. The summed E-state index contributed by atoms with van der Waals surface area (Å²) in [5.41, 5.74) is 3.66. The molecule has 0 bridgehead atoms. The number of hydrogen-bond acceptors (Lipinski definition) is 6. The molecule has 0 aliphatic heterocycles. The van der Waals surface area contributed by atoms with Crippen LogP contribution in [0.2, 0.25) is 0 Å². The van der Waals surface area contributed by atoms with Crippen LogP contribution >= 0.6 is 0 Å². The van der Waals surface area contributed by atoms with Gasteiger partial charge in [0.1, 0.15) is 17.4 Å². The summed E-state index contributed by atoms with van der Waals surface area (Å²) in [6.45, 7) is 5.78. The lowest BCUT2D eigenvalue weighted by molar-refractivity contribution is -0.118. The van der Waals surface area contributed by atoms with Crippen molar-refractivity contribution in [1.29, 1.82) is 5.26 Å². The molecule has 2 amide bonds. The van der Waals surface area contributed by atoms with Crippen molar-refractivity contribution in [3.8, 4) is 23.3 Å². The lowest BCUT2D eigenvalue weighted by Crippen LogP contribution is -2.20. The molecule has 37 heavy (non-hydrogen) atoms. The molecule has 0 spiro atoms. The number of nitriles is 1. The van der Waals surface area contributed by atoms with E-state index in [0.717, 1.165) is 11.1 Å². The van der Waals surface area contributed by atoms with Gasteiger partial charge in [0.05, 0.1) is 19.4 Å². The van der Waals surface area contributed by atoms with Gasteiger partial charge in [-0.15, -0.1) is 0 Å². The Morgan fingerprint density at radius 3 is 2.41 bits per heavy atom. The van der Waals surface area contributed by atoms with E-state index in [4.69, 9.17) is 14.2 Å². The van der Waals surface area contributed by atoms with Gasteiger partial charge in [-0.05, 0) is 73.9 Å². The van der Waals surface area contributed by atoms with Gasteiger partial charge in [-0.1, -0.05) is 30.3 Å². The molecule has 0 saturated heterocycles. The summed E-state index contributed by atoms with van der Waals surface area (Å²) in [7, 11) is 1.52. The standard InChI is InChI=1S/C29H29N3O5/c1-5-36-27-16-21(15-22(17-30)29(34)32-23-11-8-9-19(2)20(23)3)13-14-26(27)37-18-28(33)31-24-10-6-7-12-25(24)35-4/h6-16H,5,18H2,1-4H3,(H,31,33)(H,32,34)/b22-15-. The number of methoxy groups -OCH3 is 1. The average molecular weight is 500 g/mol. The Kier molecular flexibility index (Phi) is 9.28. The Labute approximate surface area is 216 Å². The second-order valence-corrected chi connectivity index (χ2v) is 8.05. The number of anilines is 2. The van der Waals surface area contributed by atoms with Gasteiger partial charge < -0.3 is 24.8 Å². The number of aryl methyl sites for hydroxylation is 1. The minimum atomic E-state index is -0.512. The Hall–Kier alpha value is -4.77. The van der Waals surface area contributed by atoms with Crippen molar-refractivity contribution in [3.05, 3.63) is 82.9 Å². The van der Waals surface area contributed by atoms with Crippen molar-refractivity contribution in [2.75, 3.05) is 31.0 Å². The SMILES string of the molecule is CCOc1cc(/C=C(/C#N)C(=O)Nc2cccc(C)c2C)ccc1OCC(=O)Nc1ccccc1OC. The maximum absolute atomic E-state index is 12.8. The first-order valence-electron chi connectivity index (χ1n) is 11.7. The van der Waals surface area contributed by atoms with Gasteiger partial charge in [0, 0.05) is 5.69 Å². The molecule has 0 aromatic heterocycles. The number of ether oxygens (including phenoxy) is 3. The van der Waals surface area contributed by atoms with E-state index in [1.807, 2.05) is 39.0 Å². The number of benzene rings is 3. The summed E-state index contributed by atoms with van der Waals surface area (Å²) < 4.78 is 16.6. The molecule has 0 saturated carbocycles. The van der Waals surface area contributed by atoms with Gasteiger partial charge in [-0.3, -0.25) is 9.59 Å². The molecular formula is C29H29N3O5. The van der Waals surface area contributed by atoms with Crippen molar-refractivity contribution in [2.24, 2.45) is 0 Å². The molecule has 190 valence electrons. The number of amides is 2. The molecule has 2 N–H and O–H groups in total. The van der Waals surface area contributed by atoms with Gasteiger partial charge >= 0.3 is 0 Å². The van der Waals surface area contributed by atoms with E-state index >= 15 is 0 Å². The van der Waals surface area contributed by atoms with Crippen LogP contribution in [-0.4, -0.2) is 32.1 Å². The highest BCUT2D eigenvalue weighted by Gasteiger charge is 2.14. The molecule has 0 atom stereocenters. The Morgan fingerprint density at radius 1 is 0.919 bits per heavy atom. The highest BCUT2D eigenvalue weighted by atomic mass is 16.5. The molecule has 0 radical (unpaired) electrons. The van der Waals surface area contributed by atoms with E-state index in [-0.39, 0.29) is 18.1 Å². The van der Waals surface area contributed by atoms with Crippen LogP contribution in [0.4, 0.5) is 11.4 Å². The Bertz CT molecular complexity index is 1360. The largest absolute Gasteiger partial charge is 0.495 e. The molecule has 8 heteroatoms. The van der Waals surface area contributed by atoms with Crippen LogP contribution in [-0.2, 0) is 9.59 Å². The number of nitrogens with one attached hydrogen (secondary N) is 2. The number of hydrogen-bond donors (Lipinski definition) is 2. The van der Waals surface area contributed by atoms with Gasteiger partial charge in [0.2, 0.25) is 0 Å². The van der Waals surface area contributed by atoms with E-state index in [1.54, 1.807) is 48.5 Å². The zero-order chi connectivity index (χ0) is 26.8. The van der Waals surface area contributed by atoms with Crippen molar-refractivity contribution >= 4 is 29.3 Å². The molecule has 0 fully saturated rings. The van der Waals surface area contributed by atoms with Crippen LogP contribution in [0.3, 0.4) is 0 Å². The maximum Gasteiger partial charge on any atom is 0.266 e. The fourth-order valence-corrected chi connectivity index (χ4v) is 3.47. The third-order valence-corrected chi connectivity index (χ3v) is 5.54. The van der Waals surface area contributed by atoms with Crippen LogP contribution in [0, 0.1) is 25.2 Å². The quantitative estimate of drug-likeness (QED) is 0.290. The van der Waals surface area contributed by atoms with Crippen LogP contribution in [0.5, 0.6) is 17.2 Å². The highest BCUT2D eigenvalue weighted by Crippen LogP contribution is 2.30. The molecule has 3 aromatic rings. The molecule has 8 nitrogen and oxygen atoms in total. The van der Waals surface area contributed by atoms with Crippen LogP contribution < -0.4 is 24.8 Å². The summed E-state index contributed by atoms with van der Waals surface area (Å²) in [4.78, 5) is 25.2. The molecular weight excluding hydrogens is 470 g/mol. The second-order valence-electron chi connectivity index (χ2n) is 8.05. The number of para-hydroxylation sites is 2. The van der Waals surface area contributed by atoms with Crippen molar-refractivity contribution in [3.63, 3.8) is 0 Å². The summed E-state index contributed by atoms with van der Waals surface area (Å²) in [5.74, 6) is 0.395. The normalized spacial score (nSPS) is 10.7. The number of rotatable bonds is 10. The van der Waals surface area contributed by atoms with E-state index in [0.29, 0.717) is 40.8 Å².